The van der Waals surface area contributed by atoms with Crippen LogP contribution in [0, 0.1) is 0 Å². The molecule has 0 bridgehead atoms. The van der Waals surface area contributed by atoms with Crippen LogP contribution in [-0.4, -0.2) is 30.8 Å². The van der Waals surface area contributed by atoms with Gasteiger partial charge in [-0.05, 0) is 36.5 Å². The number of thiocarbonyl (C=S) groups is 1. The van der Waals surface area contributed by atoms with Gasteiger partial charge in [0.05, 0.1) is 0 Å². The maximum Gasteiger partial charge on any atom is 0.234 e. The van der Waals surface area contributed by atoms with Gasteiger partial charge in [-0.15, -0.1) is 10.2 Å². The lowest BCUT2D eigenvalue weighted by Crippen LogP contribution is -2.32. The molecule has 0 atom stereocenters. The highest BCUT2D eigenvalue weighted by atomic mass is 32.1. The second-order valence-corrected chi connectivity index (χ2v) is 5.54. The van der Waals surface area contributed by atoms with Gasteiger partial charge in [0, 0.05) is 18.2 Å². The molecule has 0 fully saturated rings. The van der Waals surface area contributed by atoms with E-state index >= 15 is 0 Å². The van der Waals surface area contributed by atoms with E-state index in [1.807, 2.05) is 24.3 Å². The smallest absolute Gasteiger partial charge is 0.234 e. The Balaban J connectivity index is 1.76. The van der Waals surface area contributed by atoms with Crippen molar-refractivity contribution < 1.29 is 4.79 Å². The third-order valence-electron chi connectivity index (χ3n) is 2.57. The molecule has 0 radical (unpaired) electrons. The molecular weight excluding hydrogens is 308 g/mol. The second-order valence-electron chi connectivity index (χ2n) is 4.18. The fourth-order valence-electron chi connectivity index (χ4n) is 1.69. The summed E-state index contributed by atoms with van der Waals surface area (Å²) in [5, 5.41) is 18.7. The molecule has 2 heterocycles. The first-order valence-corrected chi connectivity index (χ1v) is 7.20. The first-order valence-electron chi connectivity index (χ1n) is 5.98. The van der Waals surface area contributed by atoms with Gasteiger partial charge in [-0.2, -0.15) is 9.61 Å². The van der Waals surface area contributed by atoms with Gasteiger partial charge >= 0.3 is 0 Å². The lowest BCUT2D eigenvalue weighted by atomic mass is 10.2. The van der Waals surface area contributed by atoms with Crippen molar-refractivity contribution in [2.24, 2.45) is 0 Å². The Morgan fingerprint density at radius 1 is 1.33 bits per heavy atom. The number of rotatable bonds is 2. The average Bonchev–Trinajstić information content (AvgIpc) is 2.99. The second kappa shape index (κ2) is 5.54. The first-order chi connectivity index (χ1) is 10.1. The number of anilines is 1. The van der Waals surface area contributed by atoms with Crippen LogP contribution in [0.3, 0.4) is 0 Å². The van der Waals surface area contributed by atoms with Gasteiger partial charge in [0.25, 0.3) is 0 Å². The van der Waals surface area contributed by atoms with Gasteiger partial charge < -0.3 is 10.6 Å². The van der Waals surface area contributed by atoms with Crippen molar-refractivity contribution in [1.29, 1.82) is 0 Å². The molecule has 1 amide bonds. The zero-order valence-corrected chi connectivity index (χ0v) is 12.5. The van der Waals surface area contributed by atoms with Gasteiger partial charge in [-0.1, -0.05) is 11.3 Å². The van der Waals surface area contributed by atoms with E-state index in [9.17, 15) is 4.79 Å². The maximum atomic E-state index is 10.9. The Hall–Kier alpha value is -2.39. The summed E-state index contributed by atoms with van der Waals surface area (Å²) in [5.41, 5.74) is 1.77. The minimum absolute atomic E-state index is 0.205. The van der Waals surface area contributed by atoms with E-state index in [4.69, 9.17) is 12.2 Å². The Bertz CT molecular complexity index is 778. The van der Waals surface area contributed by atoms with Gasteiger partial charge in [0.2, 0.25) is 10.9 Å². The molecule has 0 aliphatic rings. The Morgan fingerprint density at radius 3 is 2.76 bits per heavy atom. The molecule has 7 nitrogen and oxygen atoms in total. The standard InChI is InChI=1S/C12H10N6OS2/c1-7(19)14-11(20)15-9-4-2-8(3-5-9)10-17-18-6-13-16-12(18)21-10/h2-6H,1H3,(H2,14,15,19,20). The highest BCUT2D eigenvalue weighted by molar-refractivity contribution is 7.80. The van der Waals surface area contributed by atoms with Crippen molar-refractivity contribution in [2.75, 3.05) is 5.32 Å². The van der Waals surface area contributed by atoms with Crippen LogP contribution < -0.4 is 10.6 Å². The number of nitrogens with zero attached hydrogens (tertiary/aromatic N) is 4. The van der Waals surface area contributed by atoms with Crippen LogP contribution in [0.15, 0.2) is 30.6 Å². The number of hydrogen-bond acceptors (Lipinski definition) is 6. The molecule has 21 heavy (non-hydrogen) atoms. The van der Waals surface area contributed by atoms with E-state index in [2.05, 4.69) is 25.9 Å². The summed E-state index contributed by atoms with van der Waals surface area (Å²) in [6, 6.07) is 7.58. The van der Waals surface area contributed by atoms with Crippen molar-refractivity contribution in [3.8, 4) is 10.6 Å². The molecule has 0 spiro atoms. The minimum Gasteiger partial charge on any atom is -0.332 e. The van der Waals surface area contributed by atoms with Gasteiger partial charge in [0.1, 0.15) is 11.3 Å². The van der Waals surface area contributed by atoms with Crippen molar-refractivity contribution in [1.82, 2.24) is 25.1 Å². The molecule has 0 aliphatic carbocycles. The zero-order valence-electron chi connectivity index (χ0n) is 10.9. The Labute approximate surface area is 129 Å². The predicted molar refractivity (Wildman–Crippen MR) is 84.1 cm³/mol. The topological polar surface area (TPSA) is 84.2 Å². The maximum absolute atomic E-state index is 10.9. The zero-order chi connectivity index (χ0) is 14.8. The first kappa shape index (κ1) is 13.6. The molecule has 0 aliphatic heterocycles. The van der Waals surface area contributed by atoms with E-state index < -0.39 is 0 Å². The number of nitrogens with one attached hydrogen (secondary N) is 2. The van der Waals surface area contributed by atoms with E-state index in [0.29, 0.717) is 0 Å². The number of fused-ring (bicyclic) bond motifs is 1. The molecule has 3 aromatic rings. The van der Waals surface area contributed by atoms with Gasteiger partial charge in [-0.3, -0.25) is 4.79 Å². The van der Waals surface area contributed by atoms with Crippen LogP contribution in [0.2, 0.25) is 0 Å². The third-order valence-corrected chi connectivity index (χ3v) is 3.73. The number of hydrogen-bond donors (Lipinski definition) is 2. The largest absolute Gasteiger partial charge is 0.332 e. The number of carbonyl (C=O) groups is 1. The number of aromatic nitrogens is 4. The van der Waals surface area contributed by atoms with Crippen LogP contribution >= 0.6 is 23.6 Å². The van der Waals surface area contributed by atoms with Crippen LogP contribution in [-0.2, 0) is 4.79 Å². The fraction of sp³-hybridized carbons (Fsp3) is 0.0833. The van der Waals surface area contributed by atoms with Crippen LogP contribution in [0.25, 0.3) is 15.5 Å². The monoisotopic (exact) mass is 318 g/mol. The number of amides is 1. The minimum atomic E-state index is -0.205. The highest BCUT2D eigenvalue weighted by Gasteiger charge is 2.07. The van der Waals surface area contributed by atoms with E-state index in [1.54, 1.807) is 10.8 Å². The summed E-state index contributed by atoms with van der Waals surface area (Å²) in [4.78, 5) is 11.6. The van der Waals surface area contributed by atoms with E-state index in [-0.39, 0.29) is 11.0 Å². The molecule has 3 rings (SSSR count). The van der Waals surface area contributed by atoms with Crippen LogP contribution in [0.1, 0.15) is 6.92 Å². The summed E-state index contributed by atoms with van der Waals surface area (Å²) >= 11 is 6.46. The molecular formula is C12H10N6OS2. The molecule has 0 saturated carbocycles. The number of carbonyl (C=O) groups excluding carboxylic acids is 1. The van der Waals surface area contributed by atoms with Gasteiger partial charge in [0.15, 0.2) is 5.11 Å². The lowest BCUT2D eigenvalue weighted by Gasteiger charge is -2.08. The SMILES string of the molecule is CC(=O)NC(=S)Nc1ccc(-c2nn3cnnc3s2)cc1. The molecule has 0 saturated heterocycles. The van der Waals surface area contributed by atoms with Crippen LogP contribution in [0.4, 0.5) is 5.69 Å². The number of benzene rings is 1. The molecule has 0 unspecified atom stereocenters. The van der Waals surface area contributed by atoms with Crippen molar-refractivity contribution in [3.05, 3.63) is 30.6 Å². The van der Waals surface area contributed by atoms with Crippen molar-refractivity contribution in [2.45, 2.75) is 6.92 Å². The van der Waals surface area contributed by atoms with Crippen LogP contribution in [0.5, 0.6) is 0 Å². The molecule has 2 N–H and O–H groups in total. The average molecular weight is 318 g/mol. The molecule has 106 valence electrons. The summed E-state index contributed by atoms with van der Waals surface area (Å²) in [7, 11) is 0. The lowest BCUT2D eigenvalue weighted by molar-refractivity contribution is -0.117. The van der Waals surface area contributed by atoms with Crippen molar-refractivity contribution in [3.63, 3.8) is 0 Å². The van der Waals surface area contributed by atoms with E-state index in [0.717, 1.165) is 21.2 Å². The quantitative estimate of drug-likeness (QED) is 0.700. The normalized spacial score (nSPS) is 10.5. The molecule has 9 heteroatoms. The van der Waals surface area contributed by atoms with E-state index in [1.165, 1.54) is 18.3 Å². The highest BCUT2D eigenvalue weighted by Crippen LogP contribution is 2.25. The van der Waals surface area contributed by atoms with Gasteiger partial charge in [-0.25, -0.2) is 0 Å². The summed E-state index contributed by atoms with van der Waals surface area (Å²) in [6.45, 7) is 1.41. The summed E-state index contributed by atoms with van der Waals surface area (Å²) in [5.74, 6) is -0.205. The predicted octanol–water partition coefficient (Wildman–Crippen LogP) is 1.69. The Morgan fingerprint density at radius 2 is 2.10 bits per heavy atom. The molecule has 1 aromatic carbocycles. The summed E-state index contributed by atoms with van der Waals surface area (Å²) in [6.07, 6.45) is 1.57. The third kappa shape index (κ3) is 3.03. The Kier molecular flexibility index (Phi) is 3.59. The molecule has 2 aromatic heterocycles. The fourth-order valence-corrected chi connectivity index (χ4v) is 2.78. The van der Waals surface area contributed by atoms with Crippen molar-refractivity contribution >= 4 is 45.2 Å². The summed E-state index contributed by atoms with van der Waals surface area (Å²) < 4.78 is 1.64.